The molecule has 0 bridgehead atoms. The van der Waals surface area contributed by atoms with Gasteiger partial charge in [-0.2, -0.15) is 0 Å². The summed E-state index contributed by atoms with van der Waals surface area (Å²) in [4.78, 5) is 46.1. The average molecular weight is 536 g/mol. The lowest BCUT2D eigenvalue weighted by Crippen LogP contribution is -2.49. The minimum atomic E-state index is -1.58. The van der Waals surface area contributed by atoms with Crippen LogP contribution < -0.4 is 14.4 Å². The number of carbonyl (C=O) groups excluding carboxylic acids is 3. The largest absolute Gasteiger partial charge is 0.493 e. The van der Waals surface area contributed by atoms with Crippen LogP contribution in [0.1, 0.15) is 64.1 Å². The molecule has 0 aromatic heterocycles. The maximum atomic E-state index is 14.7. The van der Waals surface area contributed by atoms with E-state index in [2.05, 4.69) is 6.07 Å². The Morgan fingerprint density at radius 1 is 0.900 bits per heavy atom. The summed E-state index contributed by atoms with van der Waals surface area (Å²) in [5, 5.41) is 0. The molecule has 3 aromatic rings. The molecule has 2 aliphatic heterocycles. The molecule has 6 rings (SSSR count). The van der Waals surface area contributed by atoms with Gasteiger partial charge in [-0.3, -0.25) is 14.4 Å². The number of carbonyl (C=O) groups is 3. The third kappa shape index (κ3) is 3.31. The Morgan fingerprint density at radius 2 is 1.57 bits per heavy atom. The van der Waals surface area contributed by atoms with Crippen molar-refractivity contribution in [2.24, 2.45) is 10.8 Å². The van der Waals surface area contributed by atoms with Crippen LogP contribution >= 0.6 is 0 Å². The second kappa shape index (κ2) is 8.91. The van der Waals surface area contributed by atoms with E-state index in [-0.39, 0.29) is 17.3 Å². The number of fused-ring (bicyclic) bond motifs is 5. The summed E-state index contributed by atoms with van der Waals surface area (Å²) in [6.07, 6.45) is 3.93. The summed E-state index contributed by atoms with van der Waals surface area (Å²) >= 11 is 0. The lowest BCUT2D eigenvalue weighted by molar-refractivity contribution is -0.127. The fraction of sp³-hybridized carbons (Fsp3) is 0.324. The van der Waals surface area contributed by atoms with E-state index in [0.29, 0.717) is 28.2 Å². The molecule has 2 heterocycles. The molecule has 204 valence electrons. The number of aryl methyl sites for hydroxylation is 1. The highest BCUT2D eigenvalue weighted by Gasteiger charge is 2.72. The van der Waals surface area contributed by atoms with Crippen LogP contribution in [0.4, 0.5) is 5.69 Å². The van der Waals surface area contributed by atoms with Gasteiger partial charge in [0.15, 0.2) is 28.8 Å². The van der Waals surface area contributed by atoms with Crippen LogP contribution in [0.5, 0.6) is 11.5 Å². The lowest BCUT2D eigenvalue weighted by atomic mass is 9.63. The molecule has 3 aliphatic rings. The van der Waals surface area contributed by atoms with Crippen molar-refractivity contribution in [2.45, 2.75) is 45.7 Å². The first-order valence-corrected chi connectivity index (χ1v) is 13.6. The molecule has 0 amide bonds. The van der Waals surface area contributed by atoms with Crippen LogP contribution in [0.2, 0.25) is 0 Å². The zero-order chi connectivity index (χ0) is 28.6. The minimum Gasteiger partial charge on any atom is -0.493 e. The Kier molecular flexibility index (Phi) is 5.81. The highest BCUT2D eigenvalue weighted by atomic mass is 16.5. The van der Waals surface area contributed by atoms with Crippen molar-refractivity contribution >= 4 is 29.1 Å². The summed E-state index contributed by atoms with van der Waals surface area (Å²) in [6, 6.07) is 17.0. The van der Waals surface area contributed by atoms with Crippen molar-refractivity contribution in [3.63, 3.8) is 0 Å². The fourth-order valence-electron chi connectivity index (χ4n) is 7.04. The van der Waals surface area contributed by atoms with Gasteiger partial charge in [-0.25, -0.2) is 0 Å². The lowest BCUT2D eigenvalue weighted by Gasteiger charge is -2.38. The highest BCUT2D eigenvalue weighted by molar-refractivity contribution is 6.32. The third-order valence-corrected chi connectivity index (χ3v) is 8.74. The molecule has 1 fully saturated rings. The molecule has 1 saturated heterocycles. The molecule has 0 saturated carbocycles. The van der Waals surface area contributed by atoms with E-state index >= 15 is 0 Å². The number of nitrogens with zero attached hydrogens (tertiary/aromatic N) is 1. The van der Waals surface area contributed by atoms with E-state index in [1.807, 2.05) is 69.0 Å². The molecule has 0 radical (unpaired) electrons. The normalized spacial score (nSPS) is 22.2. The van der Waals surface area contributed by atoms with E-state index in [9.17, 15) is 14.4 Å². The molecule has 3 unspecified atom stereocenters. The van der Waals surface area contributed by atoms with Crippen molar-refractivity contribution in [1.29, 1.82) is 0 Å². The van der Waals surface area contributed by atoms with Crippen molar-refractivity contribution in [1.82, 2.24) is 0 Å². The summed E-state index contributed by atoms with van der Waals surface area (Å²) in [5.41, 5.74) is 1.93. The predicted octanol–water partition coefficient (Wildman–Crippen LogP) is 6.06. The van der Waals surface area contributed by atoms with Gasteiger partial charge >= 0.3 is 0 Å². The highest BCUT2D eigenvalue weighted by Crippen LogP contribution is 2.62. The summed E-state index contributed by atoms with van der Waals surface area (Å²) in [7, 11) is 3.10. The van der Waals surface area contributed by atoms with E-state index < -0.39 is 28.8 Å². The Morgan fingerprint density at radius 3 is 2.17 bits per heavy atom. The van der Waals surface area contributed by atoms with Crippen LogP contribution in [-0.2, 0) is 4.79 Å². The maximum Gasteiger partial charge on any atom is 0.180 e. The van der Waals surface area contributed by atoms with Crippen molar-refractivity contribution in [3.8, 4) is 11.5 Å². The van der Waals surface area contributed by atoms with Crippen LogP contribution in [0, 0.1) is 17.8 Å². The Labute approximate surface area is 234 Å². The third-order valence-electron chi connectivity index (χ3n) is 8.74. The first-order chi connectivity index (χ1) is 19.1. The maximum absolute atomic E-state index is 14.7. The van der Waals surface area contributed by atoms with E-state index in [1.54, 1.807) is 44.6 Å². The number of methoxy groups -OCH3 is 2. The molecule has 6 heteroatoms. The Bertz CT molecular complexity index is 1580. The van der Waals surface area contributed by atoms with Gasteiger partial charge in [0.05, 0.1) is 26.3 Å². The predicted molar refractivity (Wildman–Crippen MR) is 155 cm³/mol. The van der Waals surface area contributed by atoms with Gasteiger partial charge in [-0.15, -0.1) is 0 Å². The van der Waals surface area contributed by atoms with Gasteiger partial charge in [0.1, 0.15) is 5.41 Å². The molecule has 1 aliphatic carbocycles. The average Bonchev–Trinajstić information content (AvgIpc) is 3.37. The van der Waals surface area contributed by atoms with Crippen LogP contribution in [0.15, 0.2) is 66.7 Å². The molecule has 3 atom stereocenters. The van der Waals surface area contributed by atoms with Gasteiger partial charge in [0, 0.05) is 33.7 Å². The zero-order valence-corrected chi connectivity index (χ0v) is 23.6. The molecule has 40 heavy (non-hydrogen) atoms. The number of anilines is 1. The Hall–Kier alpha value is -4.19. The van der Waals surface area contributed by atoms with Crippen molar-refractivity contribution in [3.05, 3.63) is 94.6 Å². The number of para-hydroxylation sites is 1. The fourth-order valence-corrected chi connectivity index (χ4v) is 7.04. The monoisotopic (exact) mass is 535 g/mol. The molecule has 6 nitrogen and oxygen atoms in total. The number of benzene rings is 3. The summed E-state index contributed by atoms with van der Waals surface area (Å²) in [5.74, 6) is -0.513. The topological polar surface area (TPSA) is 72.9 Å². The van der Waals surface area contributed by atoms with Gasteiger partial charge in [-0.05, 0) is 30.7 Å². The molecular formula is C34H33NO5. The standard InChI is InChI=1S/C34H33NO5/c1-19-14-16-24-20(18-19)15-17-26-34(30(36)21-10-7-8-11-22(21)31(34)37)27(28(35(24)26)32(38)33(2,3)4)23-12-9-13-25(39-5)29(23)40-6/h7-18,26-28H,1-6H3. The van der Waals surface area contributed by atoms with Gasteiger partial charge in [0.2, 0.25) is 0 Å². The number of hydrogen-bond donors (Lipinski definition) is 0. The number of hydrogen-bond acceptors (Lipinski definition) is 6. The summed E-state index contributed by atoms with van der Waals surface area (Å²) in [6.45, 7) is 7.68. The molecule has 1 spiro atoms. The van der Waals surface area contributed by atoms with Crippen molar-refractivity contribution in [2.75, 3.05) is 19.1 Å². The smallest absolute Gasteiger partial charge is 0.180 e. The van der Waals surface area contributed by atoms with Gasteiger partial charge < -0.3 is 14.4 Å². The van der Waals surface area contributed by atoms with Crippen LogP contribution in [-0.4, -0.2) is 43.7 Å². The zero-order valence-electron chi connectivity index (χ0n) is 23.6. The quantitative estimate of drug-likeness (QED) is 0.378. The Balaban J connectivity index is 1.74. The van der Waals surface area contributed by atoms with Crippen LogP contribution in [0.25, 0.3) is 6.08 Å². The molecule has 0 N–H and O–H groups in total. The van der Waals surface area contributed by atoms with E-state index in [1.165, 1.54) is 0 Å². The molecule has 3 aromatic carbocycles. The number of ketones is 3. The second-order valence-corrected chi connectivity index (χ2v) is 12.0. The molecular weight excluding hydrogens is 502 g/mol. The minimum absolute atomic E-state index is 0.0531. The first kappa shape index (κ1) is 26.1. The SMILES string of the molecule is COc1cccc(C2C(C(=O)C(C)(C)C)N3c4ccc(C)cc4C=CC3C23C(=O)c2ccccc2C3=O)c1OC. The first-order valence-electron chi connectivity index (χ1n) is 13.6. The van der Waals surface area contributed by atoms with Crippen LogP contribution in [0.3, 0.4) is 0 Å². The van der Waals surface area contributed by atoms with E-state index in [4.69, 9.17) is 9.47 Å². The van der Waals surface area contributed by atoms with E-state index in [0.717, 1.165) is 16.8 Å². The number of ether oxygens (including phenoxy) is 2. The van der Waals surface area contributed by atoms with Gasteiger partial charge in [0.25, 0.3) is 0 Å². The second-order valence-electron chi connectivity index (χ2n) is 12.0. The number of Topliss-reactive ketones (excluding diaryl/α,β-unsaturated/α-hetero) is 3. The number of rotatable bonds is 4. The van der Waals surface area contributed by atoms with Gasteiger partial charge in [-0.1, -0.05) is 81.0 Å². The van der Waals surface area contributed by atoms with Crippen molar-refractivity contribution < 1.29 is 23.9 Å². The summed E-state index contributed by atoms with van der Waals surface area (Å²) < 4.78 is 11.5.